The van der Waals surface area contributed by atoms with E-state index in [9.17, 15) is 9.59 Å². The smallest absolute Gasteiger partial charge is 0.295 e. The van der Waals surface area contributed by atoms with Crippen molar-refractivity contribution in [1.82, 2.24) is 14.9 Å². The molecule has 0 spiro atoms. The maximum atomic E-state index is 13.6. The normalized spacial score (nSPS) is 11.1. The number of halogens is 1. The predicted octanol–water partition coefficient (Wildman–Crippen LogP) is 7.06. The van der Waals surface area contributed by atoms with Crippen LogP contribution in [0, 0.1) is 0 Å². The Hall–Kier alpha value is -2.66. The van der Waals surface area contributed by atoms with Crippen molar-refractivity contribution in [3.8, 4) is 11.3 Å². The van der Waals surface area contributed by atoms with E-state index in [-0.39, 0.29) is 0 Å². The van der Waals surface area contributed by atoms with Crippen molar-refractivity contribution in [3.63, 3.8) is 0 Å². The number of nitrogens with one attached hydrogen (secondary N) is 1. The maximum Gasteiger partial charge on any atom is 0.295 e. The van der Waals surface area contributed by atoms with Gasteiger partial charge in [0.1, 0.15) is 5.15 Å². The highest BCUT2D eigenvalue weighted by molar-refractivity contribution is 6.46. The number of carbonyl (C=O) groups excluding carboxylic acids is 2. The van der Waals surface area contributed by atoms with E-state index in [0.717, 1.165) is 67.8 Å². The van der Waals surface area contributed by atoms with Gasteiger partial charge in [0.15, 0.2) is 0 Å². The van der Waals surface area contributed by atoms with Gasteiger partial charge in [-0.15, -0.1) is 0 Å². The third kappa shape index (κ3) is 6.44. The van der Waals surface area contributed by atoms with Crippen molar-refractivity contribution in [2.75, 3.05) is 13.1 Å². The summed E-state index contributed by atoms with van der Waals surface area (Å²) in [5, 5.41) is 1.13. The molecular formula is C27H34ClN3O2. The van der Waals surface area contributed by atoms with Gasteiger partial charge >= 0.3 is 0 Å². The average molecular weight is 468 g/mol. The van der Waals surface area contributed by atoms with E-state index in [1.54, 1.807) is 17.2 Å². The van der Waals surface area contributed by atoms with E-state index < -0.39 is 11.7 Å². The van der Waals surface area contributed by atoms with Gasteiger partial charge in [-0.3, -0.25) is 9.59 Å². The zero-order valence-electron chi connectivity index (χ0n) is 19.7. The predicted molar refractivity (Wildman–Crippen MR) is 136 cm³/mol. The number of aromatic nitrogens is 2. The van der Waals surface area contributed by atoms with E-state index >= 15 is 0 Å². The number of benzene rings is 1. The molecule has 0 unspecified atom stereocenters. The highest BCUT2D eigenvalue weighted by Crippen LogP contribution is 2.31. The summed E-state index contributed by atoms with van der Waals surface area (Å²) in [6.45, 7) is 5.58. The van der Waals surface area contributed by atoms with Crippen molar-refractivity contribution in [2.24, 2.45) is 0 Å². The van der Waals surface area contributed by atoms with Gasteiger partial charge in [0.2, 0.25) is 0 Å². The molecule has 0 aliphatic rings. The third-order valence-electron chi connectivity index (χ3n) is 5.99. The number of aromatic amines is 1. The Morgan fingerprint density at radius 1 is 0.909 bits per heavy atom. The van der Waals surface area contributed by atoms with Crippen LogP contribution in [0.25, 0.3) is 22.2 Å². The minimum atomic E-state index is -0.469. The zero-order valence-corrected chi connectivity index (χ0v) is 20.5. The molecule has 1 N–H and O–H groups in total. The summed E-state index contributed by atoms with van der Waals surface area (Å²) in [5.74, 6) is -0.890. The summed E-state index contributed by atoms with van der Waals surface area (Å²) in [6, 6.07) is 11.1. The van der Waals surface area contributed by atoms with Gasteiger partial charge in [-0.2, -0.15) is 0 Å². The van der Waals surface area contributed by atoms with E-state index in [1.165, 1.54) is 0 Å². The molecule has 5 nitrogen and oxygen atoms in total. The zero-order chi connectivity index (χ0) is 23.6. The number of fused-ring (bicyclic) bond motifs is 1. The lowest BCUT2D eigenvalue weighted by atomic mass is 10.0. The summed E-state index contributed by atoms with van der Waals surface area (Å²) in [4.78, 5) is 36.4. The second-order valence-corrected chi connectivity index (χ2v) is 8.92. The van der Waals surface area contributed by atoms with Crippen molar-refractivity contribution in [1.29, 1.82) is 0 Å². The van der Waals surface area contributed by atoms with E-state index in [2.05, 4.69) is 23.8 Å². The van der Waals surface area contributed by atoms with E-state index in [1.807, 2.05) is 30.3 Å². The number of ketones is 1. The van der Waals surface area contributed by atoms with Gasteiger partial charge in [-0.05, 0) is 31.0 Å². The molecule has 0 aliphatic heterocycles. The molecule has 1 aromatic carbocycles. The van der Waals surface area contributed by atoms with E-state index in [4.69, 9.17) is 11.6 Å². The lowest BCUT2D eigenvalue weighted by molar-refractivity contribution is -0.126. The number of Topliss-reactive ketones (excluding diaryl/α,β-unsaturated/α-hetero) is 1. The van der Waals surface area contributed by atoms with Crippen LogP contribution in [0.4, 0.5) is 0 Å². The van der Waals surface area contributed by atoms with Gasteiger partial charge < -0.3 is 9.88 Å². The summed E-state index contributed by atoms with van der Waals surface area (Å²) in [5.41, 5.74) is 2.56. The molecule has 6 heteroatoms. The topological polar surface area (TPSA) is 66.1 Å². The quantitative estimate of drug-likeness (QED) is 0.127. The lowest BCUT2D eigenvalue weighted by Gasteiger charge is -2.22. The van der Waals surface area contributed by atoms with Crippen LogP contribution in [0.5, 0.6) is 0 Å². The van der Waals surface area contributed by atoms with Gasteiger partial charge in [0.25, 0.3) is 11.7 Å². The van der Waals surface area contributed by atoms with Gasteiger partial charge in [-0.25, -0.2) is 4.98 Å². The first-order chi connectivity index (χ1) is 16.1. The monoisotopic (exact) mass is 467 g/mol. The molecule has 2 heterocycles. The molecule has 0 atom stereocenters. The van der Waals surface area contributed by atoms with Gasteiger partial charge in [0, 0.05) is 35.8 Å². The Kier molecular flexibility index (Phi) is 9.49. The third-order valence-corrected chi connectivity index (χ3v) is 6.22. The van der Waals surface area contributed by atoms with Crippen LogP contribution in [0.15, 0.2) is 42.6 Å². The van der Waals surface area contributed by atoms with Crippen LogP contribution in [0.1, 0.15) is 75.6 Å². The summed E-state index contributed by atoms with van der Waals surface area (Å²) >= 11 is 5.96. The second-order valence-electron chi connectivity index (χ2n) is 8.53. The van der Waals surface area contributed by atoms with Crippen LogP contribution >= 0.6 is 11.6 Å². The molecule has 33 heavy (non-hydrogen) atoms. The minimum Gasteiger partial charge on any atom is -0.354 e. The lowest BCUT2D eigenvalue weighted by Crippen LogP contribution is -2.38. The number of carbonyl (C=O) groups is 2. The average Bonchev–Trinajstić information content (AvgIpc) is 3.22. The first kappa shape index (κ1) is 25.0. The van der Waals surface area contributed by atoms with Gasteiger partial charge in [0.05, 0.1) is 11.3 Å². The van der Waals surface area contributed by atoms with Crippen molar-refractivity contribution in [3.05, 3.63) is 53.3 Å². The standard InChI is InChI=1S/C27H34ClN3O2/c1-3-5-7-11-17-31(18-12-8-6-4-2)27(33)26(32)24-21-13-9-10-14-22(21)30-25(24)20-15-16-23(28)29-19-20/h9-10,13-16,19,30H,3-8,11-12,17-18H2,1-2H3. The number of para-hydroxylation sites is 1. The van der Waals surface area contributed by atoms with Crippen LogP contribution in [0.2, 0.25) is 5.15 Å². The summed E-state index contributed by atoms with van der Waals surface area (Å²) in [6.07, 6.45) is 10.2. The summed E-state index contributed by atoms with van der Waals surface area (Å²) in [7, 11) is 0. The SMILES string of the molecule is CCCCCCN(CCCCCC)C(=O)C(=O)c1c(-c2ccc(Cl)nc2)[nH]c2ccccc12. The molecule has 0 radical (unpaired) electrons. The first-order valence-electron chi connectivity index (χ1n) is 12.1. The molecule has 0 fully saturated rings. The molecule has 0 saturated heterocycles. The fourth-order valence-electron chi connectivity index (χ4n) is 4.14. The van der Waals surface area contributed by atoms with Crippen LogP contribution < -0.4 is 0 Å². The number of nitrogens with zero attached hydrogens (tertiary/aromatic N) is 2. The van der Waals surface area contributed by atoms with Crippen LogP contribution in [-0.2, 0) is 4.79 Å². The molecule has 3 aromatic rings. The van der Waals surface area contributed by atoms with Crippen molar-refractivity contribution < 1.29 is 9.59 Å². The first-order valence-corrected chi connectivity index (χ1v) is 12.5. The number of pyridine rings is 1. The fourth-order valence-corrected chi connectivity index (χ4v) is 4.25. The molecule has 0 aliphatic carbocycles. The Morgan fingerprint density at radius 3 is 2.18 bits per heavy atom. The highest BCUT2D eigenvalue weighted by Gasteiger charge is 2.28. The largest absolute Gasteiger partial charge is 0.354 e. The highest BCUT2D eigenvalue weighted by atomic mass is 35.5. The molecule has 0 bridgehead atoms. The number of hydrogen-bond acceptors (Lipinski definition) is 3. The molecule has 2 aromatic heterocycles. The van der Waals surface area contributed by atoms with Gasteiger partial charge in [-0.1, -0.05) is 82.2 Å². The van der Waals surface area contributed by atoms with Crippen LogP contribution in [0.3, 0.4) is 0 Å². The summed E-state index contributed by atoms with van der Waals surface area (Å²) < 4.78 is 0. The number of H-pyrrole nitrogens is 1. The molecule has 0 saturated carbocycles. The Balaban J connectivity index is 1.91. The van der Waals surface area contributed by atoms with E-state index in [0.29, 0.717) is 29.5 Å². The molecule has 176 valence electrons. The minimum absolute atomic E-state index is 0.379. The Labute approximate surface area is 201 Å². The number of amides is 1. The Morgan fingerprint density at radius 2 is 1.58 bits per heavy atom. The number of unbranched alkanes of at least 4 members (excludes halogenated alkanes) is 6. The number of rotatable bonds is 13. The maximum absolute atomic E-state index is 13.6. The van der Waals surface area contributed by atoms with Crippen molar-refractivity contribution >= 4 is 34.2 Å². The molecule has 3 rings (SSSR count). The molecular weight excluding hydrogens is 434 g/mol. The molecule has 1 amide bonds. The van der Waals surface area contributed by atoms with Crippen molar-refractivity contribution in [2.45, 2.75) is 65.2 Å². The second kappa shape index (κ2) is 12.5. The van der Waals surface area contributed by atoms with Crippen LogP contribution in [-0.4, -0.2) is 39.6 Å². The fraction of sp³-hybridized carbons (Fsp3) is 0.444. The number of hydrogen-bond donors (Lipinski definition) is 1. The Bertz CT molecular complexity index is 1050.